The van der Waals surface area contributed by atoms with Gasteiger partial charge in [-0.3, -0.25) is 9.58 Å². The van der Waals surface area contributed by atoms with Crippen molar-refractivity contribution in [2.24, 2.45) is 7.05 Å². The summed E-state index contributed by atoms with van der Waals surface area (Å²) in [5.74, 6) is 0. The van der Waals surface area contributed by atoms with Crippen LogP contribution in [0.1, 0.15) is 17.3 Å². The van der Waals surface area contributed by atoms with E-state index in [0.717, 1.165) is 30.4 Å². The summed E-state index contributed by atoms with van der Waals surface area (Å²) in [5, 5.41) is 7.50. The number of ether oxygens (including phenoxy) is 1. The highest BCUT2D eigenvalue weighted by atomic mass is 32.1. The van der Waals surface area contributed by atoms with E-state index in [1.165, 1.54) is 11.1 Å². The third-order valence-corrected chi connectivity index (χ3v) is 5.18. The molecule has 24 heavy (non-hydrogen) atoms. The summed E-state index contributed by atoms with van der Waals surface area (Å²) < 4.78 is 7.58. The molecule has 1 aliphatic rings. The predicted octanol–water partition coefficient (Wildman–Crippen LogP) is 3.12. The number of aromatic nitrogens is 3. The highest BCUT2D eigenvalue weighted by Gasteiger charge is 2.27. The third-order valence-electron chi connectivity index (χ3n) is 4.27. The van der Waals surface area contributed by atoms with Crippen LogP contribution in [0.4, 0.5) is 0 Å². The van der Waals surface area contributed by atoms with E-state index in [9.17, 15) is 0 Å². The molecule has 1 saturated heterocycles. The Morgan fingerprint density at radius 2 is 2.17 bits per heavy atom. The minimum atomic E-state index is 0.202. The fourth-order valence-corrected chi connectivity index (χ4v) is 3.91. The topological polar surface area (TPSA) is 43.2 Å². The van der Waals surface area contributed by atoms with Crippen molar-refractivity contribution >= 4 is 11.3 Å². The van der Waals surface area contributed by atoms with E-state index in [-0.39, 0.29) is 6.04 Å². The first-order valence-corrected chi connectivity index (χ1v) is 8.98. The van der Waals surface area contributed by atoms with Gasteiger partial charge in [-0.2, -0.15) is 5.10 Å². The van der Waals surface area contributed by atoms with Crippen LogP contribution in [0.3, 0.4) is 0 Å². The van der Waals surface area contributed by atoms with Crippen molar-refractivity contribution in [2.45, 2.75) is 12.6 Å². The van der Waals surface area contributed by atoms with Crippen molar-refractivity contribution < 1.29 is 4.74 Å². The Labute approximate surface area is 145 Å². The van der Waals surface area contributed by atoms with Crippen molar-refractivity contribution in [2.75, 3.05) is 19.8 Å². The number of aryl methyl sites for hydroxylation is 1. The molecule has 3 heterocycles. The lowest BCUT2D eigenvalue weighted by Crippen LogP contribution is -2.39. The molecule has 0 N–H and O–H groups in total. The largest absolute Gasteiger partial charge is 0.378 e. The van der Waals surface area contributed by atoms with Crippen LogP contribution in [-0.4, -0.2) is 39.4 Å². The molecule has 1 aromatic carbocycles. The monoisotopic (exact) mass is 340 g/mol. The highest BCUT2D eigenvalue weighted by molar-refractivity contribution is 7.13. The van der Waals surface area contributed by atoms with Crippen LogP contribution >= 0.6 is 11.3 Å². The zero-order valence-electron chi connectivity index (χ0n) is 13.6. The molecule has 0 radical (unpaired) electrons. The molecular weight excluding hydrogens is 320 g/mol. The molecule has 1 fully saturated rings. The zero-order chi connectivity index (χ0) is 16.4. The summed E-state index contributed by atoms with van der Waals surface area (Å²) in [7, 11) is 1.95. The Morgan fingerprint density at radius 1 is 1.29 bits per heavy atom. The lowest BCUT2D eigenvalue weighted by molar-refractivity contribution is -0.0140. The molecule has 0 spiro atoms. The Balaban J connectivity index is 1.55. The van der Waals surface area contributed by atoms with Gasteiger partial charge in [-0.15, -0.1) is 11.3 Å². The minimum Gasteiger partial charge on any atom is -0.378 e. The molecule has 0 unspecified atom stereocenters. The Kier molecular flexibility index (Phi) is 4.42. The van der Waals surface area contributed by atoms with E-state index in [1.54, 1.807) is 11.3 Å². The summed E-state index contributed by atoms with van der Waals surface area (Å²) in [5.41, 5.74) is 3.50. The van der Waals surface area contributed by atoms with Crippen LogP contribution < -0.4 is 0 Å². The van der Waals surface area contributed by atoms with E-state index in [2.05, 4.69) is 45.8 Å². The first-order valence-electron chi connectivity index (χ1n) is 8.10. The number of hydrogen-bond donors (Lipinski definition) is 0. The van der Waals surface area contributed by atoms with Gasteiger partial charge in [0.2, 0.25) is 0 Å². The number of thiazole rings is 1. The summed E-state index contributed by atoms with van der Waals surface area (Å²) in [6.45, 7) is 3.25. The predicted molar refractivity (Wildman–Crippen MR) is 94.7 cm³/mol. The average Bonchev–Trinajstić information content (AvgIpc) is 3.26. The molecule has 4 rings (SSSR count). The second kappa shape index (κ2) is 6.84. The first kappa shape index (κ1) is 15.5. The highest BCUT2D eigenvalue weighted by Crippen LogP contribution is 2.30. The van der Waals surface area contributed by atoms with E-state index < -0.39 is 0 Å². The van der Waals surface area contributed by atoms with Gasteiger partial charge >= 0.3 is 0 Å². The number of morpholine rings is 1. The minimum absolute atomic E-state index is 0.202. The molecule has 1 aliphatic heterocycles. The molecule has 6 heteroatoms. The number of benzene rings is 1. The molecule has 5 nitrogen and oxygen atoms in total. The van der Waals surface area contributed by atoms with Gasteiger partial charge in [0, 0.05) is 42.8 Å². The smallest absolute Gasteiger partial charge is 0.123 e. The van der Waals surface area contributed by atoms with E-state index in [0.29, 0.717) is 6.61 Å². The van der Waals surface area contributed by atoms with Gasteiger partial charge in [0.05, 0.1) is 31.1 Å². The Morgan fingerprint density at radius 3 is 2.96 bits per heavy atom. The van der Waals surface area contributed by atoms with Gasteiger partial charge in [0.15, 0.2) is 0 Å². The van der Waals surface area contributed by atoms with Crippen LogP contribution in [0.5, 0.6) is 0 Å². The lowest BCUT2D eigenvalue weighted by Gasteiger charge is -2.34. The van der Waals surface area contributed by atoms with Crippen LogP contribution in [-0.2, 0) is 18.3 Å². The number of nitrogens with zero attached hydrogens (tertiary/aromatic N) is 4. The maximum Gasteiger partial charge on any atom is 0.123 e. The van der Waals surface area contributed by atoms with Gasteiger partial charge < -0.3 is 4.74 Å². The normalized spacial score (nSPS) is 18.8. The molecule has 0 amide bonds. The van der Waals surface area contributed by atoms with Crippen molar-refractivity contribution in [1.82, 2.24) is 19.7 Å². The second-order valence-electron chi connectivity index (χ2n) is 6.03. The molecule has 3 aromatic rings. The first-order chi connectivity index (χ1) is 11.8. The number of rotatable bonds is 4. The van der Waals surface area contributed by atoms with E-state index >= 15 is 0 Å². The Hall–Kier alpha value is -2.02. The number of hydrogen-bond acceptors (Lipinski definition) is 5. The fourth-order valence-electron chi connectivity index (χ4n) is 3.04. The maximum atomic E-state index is 5.73. The maximum absolute atomic E-state index is 5.73. The van der Waals surface area contributed by atoms with E-state index in [1.807, 2.05) is 24.0 Å². The summed E-state index contributed by atoms with van der Waals surface area (Å²) in [4.78, 5) is 7.31. The van der Waals surface area contributed by atoms with Crippen molar-refractivity contribution in [1.29, 1.82) is 0 Å². The molecule has 124 valence electrons. The fraction of sp³-hybridized carbons (Fsp3) is 0.333. The SMILES string of the molecule is Cn1cc(CN2CCOC[C@H]2c2csc(-c3ccccc3)n2)cn1. The molecule has 0 aliphatic carbocycles. The lowest BCUT2D eigenvalue weighted by atomic mass is 10.1. The molecule has 1 atom stereocenters. The van der Waals surface area contributed by atoms with Crippen LogP contribution in [0.15, 0.2) is 48.1 Å². The second-order valence-corrected chi connectivity index (χ2v) is 6.89. The summed E-state index contributed by atoms with van der Waals surface area (Å²) in [6, 6.07) is 10.5. The van der Waals surface area contributed by atoms with Gasteiger partial charge in [-0.1, -0.05) is 30.3 Å². The van der Waals surface area contributed by atoms with Crippen molar-refractivity contribution in [3.8, 4) is 10.6 Å². The van der Waals surface area contributed by atoms with E-state index in [4.69, 9.17) is 9.72 Å². The third kappa shape index (κ3) is 3.26. The molecular formula is C18H20N4OS. The molecule has 0 bridgehead atoms. The van der Waals surface area contributed by atoms with Gasteiger partial charge in [0.1, 0.15) is 5.01 Å². The molecule has 0 saturated carbocycles. The zero-order valence-corrected chi connectivity index (χ0v) is 14.4. The molecule has 2 aromatic heterocycles. The van der Waals surface area contributed by atoms with Crippen LogP contribution in [0.25, 0.3) is 10.6 Å². The van der Waals surface area contributed by atoms with Gasteiger partial charge in [-0.05, 0) is 0 Å². The Bertz CT molecular complexity index is 798. The summed E-state index contributed by atoms with van der Waals surface area (Å²) in [6.07, 6.45) is 4.01. The quantitative estimate of drug-likeness (QED) is 0.732. The van der Waals surface area contributed by atoms with Gasteiger partial charge in [0.25, 0.3) is 0 Å². The van der Waals surface area contributed by atoms with Crippen molar-refractivity contribution in [3.05, 3.63) is 59.4 Å². The van der Waals surface area contributed by atoms with Crippen LogP contribution in [0.2, 0.25) is 0 Å². The summed E-state index contributed by atoms with van der Waals surface area (Å²) >= 11 is 1.70. The van der Waals surface area contributed by atoms with Gasteiger partial charge in [-0.25, -0.2) is 4.98 Å². The van der Waals surface area contributed by atoms with Crippen molar-refractivity contribution in [3.63, 3.8) is 0 Å². The standard InChI is InChI=1S/C18H20N4OS/c1-21-10-14(9-19-21)11-22-7-8-23-12-17(22)16-13-24-18(20-16)15-5-3-2-4-6-15/h2-6,9-10,13,17H,7-8,11-12H2,1H3/t17-/m0/s1. The average molecular weight is 340 g/mol. The van der Waals surface area contributed by atoms with Crippen LogP contribution in [0, 0.1) is 0 Å².